The zero-order chi connectivity index (χ0) is 11.7. The molecule has 2 rings (SSSR count). The maximum atomic E-state index is 11.5. The number of rotatable bonds is 5. The highest BCUT2D eigenvalue weighted by Gasteiger charge is 2.42. The summed E-state index contributed by atoms with van der Waals surface area (Å²) in [5.74, 6) is 0.237. The van der Waals surface area contributed by atoms with Crippen molar-refractivity contribution in [3.8, 4) is 0 Å². The van der Waals surface area contributed by atoms with Crippen LogP contribution < -0.4 is 10.6 Å². The summed E-state index contributed by atoms with van der Waals surface area (Å²) in [6, 6.07) is -0.918. The van der Waals surface area contributed by atoms with Crippen molar-refractivity contribution >= 4 is 12.0 Å². The molecule has 2 saturated carbocycles. The van der Waals surface area contributed by atoms with Gasteiger partial charge in [-0.05, 0) is 44.4 Å². The zero-order valence-electron chi connectivity index (χ0n) is 9.40. The molecule has 0 heterocycles. The van der Waals surface area contributed by atoms with Crippen LogP contribution in [0.15, 0.2) is 0 Å². The summed E-state index contributed by atoms with van der Waals surface area (Å²) in [4.78, 5) is 22.1. The van der Waals surface area contributed by atoms with Crippen molar-refractivity contribution in [3.05, 3.63) is 0 Å². The fourth-order valence-corrected chi connectivity index (χ4v) is 1.98. The third kappa shape index (κ3) is 2.87. The van der Waals surface area contributed by atoms with E-state index in [4.69, 9.17) is 5.11 Å². The smallest absolute Gasteiger partial charge is 0.325 e. The molecular formula is C11H18N2O3. The summed E-state index contributed by atoms with van der Waals surface area (Å²) in [5, 5.41) is 14.0. The Morgan fingerprint density at radius 2 is 1.62 bits per heavy atom. The molecule has 2 fully saturated rings. The van der Waals surface area contributed by atoms with Crippen molar-refractivity contribution in [2.45, 2.75) is 44.7 Å². The number of urea groups is 1. The average molecular weight is 226 g/mol. The van der Waals surface area contributed by atoms with E-state index in [1.54, 1.807) is 0 Å². The van der Waals surface area contributed by atoms with Crippen molar-refractivity contribution < 1.29 is 14.7 Å². The minimum absolute atomic E-state index is 0.265. The number of aliphatic carboxylic acids is 1. The first kappa shape index (κ1) is 11.2. The van der Waals surface area contributed by atoms with E-state index in [0.717, 1.165) is 0 Å². The van der Waals surface area contributed by atoms with Crippen LogP contribution >= 0.6 is 0 Å². The lowest BCUT2D eigenvalue weighted by molar-refractivity contribution is -0.138. The molecule has 5 heteroatoms. The van der Waals surface area contributed by atoms with Crippen LogP contribution in [0.25, 0.3) is 0 Å². The van der Waals surface area contributed by atoms with Crippen molar-refractivity contribution in [2.75, 3.05) is 0 Å². The Morgan fingerprint density at radius 1 is 1.12 bits per heavy atom. The number of carboxylic acid groups (broad SMARTS) is 1. The van der Waals surface area contributed by atoms with Gasteiger partial charge in [0.15, 0.2) is 0 Å². The molecule has 90 valence electrons. The van der Waals surface area contributed by atoms with Crippen LogP contribution in [0.3, 0.4) is 0 Å². The first-order valence-electron chi connectivity index (χ1n) is 5.87. The van der Waals surface area contributed by atoms with E-state index in [-0.39, 0.29) is 12.1 Å². The normalized spacial score (nSPS) is 21.6. The van der Waals surface area contributed by atoms with Gasteiger partial charge in [-0.25, -0.2) is 4.79 Å². The first-order chi connectivity index (χ1) is 7.58. The summed E-state index contributed by atoms with van der Waals surface area (Å²) >= 11 is 0. The van der Waals surface area contributed by atoms with Gasteiger partial charge in [0.25, 0.3) is 0 Å². The number of nitrogens with one attached hydrogen (secondary N) is 2. The lowest BCUT2D eigenvalue weighted by Gasteiger charge is -2.19. The van der Waals surface area contributed by atoms with Gasteiger partial charge in [-0.3, -0.25) is 4.79 Å². The molecule has 0 aromatic carbocycles. The van der Waals surface area contributed by atoms with Crippen LogP contribution in [0.2, 0.25) is 0 Å². The number of hydrogen-bond donors (Lipinski definition) is 3. The Balaban J connectivity index is 1.78. The summed E-state index contributed by atoms with van der Waals surface area (Å²) in [6.45, 7) is 1.46. The number of hydrogen-bond acceptors (Lipinski definition) is 2. The highest BCUT2D eigenvalue weighted by atomic mass is 16.4. The Kier molecular flexibility index (Phi) is 3.03. The molecule has 0 spiro atoms. The molecule has 0 aromatic heterocycles. The van der Waals surface area contributed by atoms with Crippen LogP contribution in [0, 0.1) is 11.8 Å². The Hall–Kier alpha value is -1.26. The van der Waals surface area contributed by atoms with Gasteiger partial charge >= 0.3 is 12.0 Å². The van der Waals surface area contributed by atoms with Gasteiger partial charge in [0.1, 0.15) is 6.04 Å². The highest BCUT2D eigenvalue weighted by Crippen LogP contribution is 2.44. The fourth-order valence-electron chi connectivity index (χ4n) is 1.98. The molecule has 1 atom stereocenters. The third-order valence-corrected chi connectivity index (χ3v) is 3.28. The standard InChI is InChI=1S/C11H18N2O3/c1-6(10(14)15)12-11(16)13-9(7-2-3-7)8-4-5-8/h6-9H,2-5H2,1H3,(H,14,15)(H2,12,13,16)/t6-/m0/s1. The molecule has 2 aliphatic carbocycles. The zero-order valence-corrected chi connectivity index (χ0v) is 9.40. The lowest BCUT2D eigenvalue weighted by Crippen LogP contribution is -2.49. The first-order valence-corrected chi connectivity index (χ1v) is 5.87. The lowest BCUT2D eigenvalue weighted by atomic mass is 10.1. The maximum Gasteiger partial charge on any atom is 0.325 e. The topological polar surface area (TPSA) is 78.4 Å². The largest absolute Gasteiger partial charge is 0.480 e. The molecule has 0 saturated heterocycles. The molecule has 0 radical (unpaired) electrons. The van der Waals surface area contributed by atoms with E-state index < -0.39 is 12.0 Å². The van der Waals surface area contributed by atoms with Gasteiger partial charge in [-0.1, -0.05) is 0 Å². The van der Waals surface area contributed by atoms with Gasteiger partial charge in [0.2, 0.25) is 0 Å². The van der Waals surface area contributed by atoms with E-state index in [9.17, 15) is 9.59 Å². The van der Waals surface area contributed by atoms with Gasteiger partial charge in [-0.2, -0.15) is 0 Å². The number of carbonyl (C=O) groups excluding carboxylic acids is 1. The SMILES string of the molecule is C[C@H](NC(=O)NC(C1CC1)C1CC1)C(=O)O. The fraction of sp³-hybridized carbons (Fsp3) is 0.818. The second kappa shape index (κ2) is 4.31. The van der Waals surface area contributed by atoms with E-state index in [1.807, 2.05) is 0 Å². The highest BCUT2D eigenvalue weighted by molar-refractivity contribution is 5.82. The Morgan fingerprint density at radius 3 is 2.00 bits per heavy atom. The number of carboxylic acids is 1. The van der Waals surface area contributed by atoms with E-state index in [0.29, 0.717) is 11.8 Å². The van der Waals surface area contributed by atoms with Crippen LogP contribution in [0.1, 0.15) is 32.6 Å². The average Bonchev–Trinajstić information content (AvgIpc) is 3.05. The molecule has 0 aromatic rings. The van der Waals surface area contributed by atoms with Crippen LogP contribution in [0.4, 0.5) is 4.79 Å². The van der Waals surface area contributed by atoms with E-state index in [2.05, 4.69) is 10.6 Å². The van der Waals surface area contributed by atoms with E-state index in [1.165, 1.54) is 32.6 Å². The quantitative estimate of drug-likeness (QED) is 0.653. The molecule has 16 heavy (non-hydrogen) atoms. The molecule has 0 unspecified atom stereocenters. The Bertz CT molecular complexity index is 286. The molecule has 2 amide bonds. The molecule has 0 bridgehead atoms. The van der Waals surface area contributed by atoms with Gasteiger partial charge in [-0.15, -0.1) is 0 Å². The molecule has 0 aliphatic heterocycles. The molecule has 5 nitrogen and oxygen atoms in total. The van der Waals surface area contributed by atoms with Gasteiger partial charge in [0, 0.05) is 6.04 Å². The second-order valence-corrected chi connectivity index (χ2v) is 4.88. The number of amides is 2. The van der Waals surface area contributed by atoms with Crippen molar-refractivity contribution in [1.29, 1.82) is 0 Å². The van der Waals surface area contributed by atoms with Crippen molar-refractivity contribution in [2.24, 2.45) is 11.8 Å². The minimum Gasteiger partial charge on any atom is -0.480 e. The monoisotopic (exact) mass is 226 g/mol. The summed E-state index contributed by atoms with van der Waals surface area (Å²) in [6.07, 6.45) is 4.76. The van der Waals surface area contributed by atoms with Crippen molar-refractivity contribution in [3.63, 3.8) is 0 Å². The van der Waals surface area contributed by atoms with E-state index >= 15 is 0 Å². The minimum atomic E-state index is -1.01. The molecule has 2 aliphatic rings. The summed E-state index contributed by atoms with van der Waals surface area (Å²) in [5.41, 5.74) is 0. The summed E-state index contributed by atoms with van der Waals surface area (Å²) in [7, 11) is 0. The Labute approximate surface area is 94.6 Å². The van der Waals surface area contributed by atoms with Gasteiger partial charge < -0.3 is 15.7 Å². The molecular weight excluding hydrogens is 208 g/mol. The molecule has 3 N–H and O–H groups in total. The second-order valence-electron chi connectivity index (χ2n) is 4.88. The van der Waals surface area contributed by atoms with Crippen LogP contribution in [-0.2, 0) is 4.79 Å². The van der Waals surface area contributed by atoms with Crippen molar-refractivity contribution in [1.82, 2.24) is 10.6 Å². The van der Waals surface area contributed by atoms with Crippen LogP contribution in [-0.4, -0.2) is 29.2 Å². The van der Waals surface area contributed by atoms with Crippen LogP contribution in [0.5, 0.6) is 0 Å². The predicted molar refractivity (Wildman–Crippen MR) is 58.0 cm³/mol. The van der Waals surface area contributed by atoms with Gasteiger partial charge in [0.05, 0.1) is 0 Å². The maximum absolute atomic E-state index is 11.5. The predicted octanol–water partition coefficient (Wildman–Crippen LogP) is 0.947. The third-order valence-electron chi connectivity index (χ3n) is 3.28. The number of carbonyl (C=O) groups is 2. The summed E-state index contributed by atoms with van der Waals surface area (Å²) < 4.78 is 0.